The average Bonchev–Trinajstić information content (AvgIpc) is 2.93. The zero-order valence-corrected chi connectivity index (χ0v) is 21.2. The number of amides is 2. The first-order chi connectivity index (χ1) is 18.0. The molecular formula is C27H26ClN5O4. The minimum atomic E-state index is -0.159. The van der Waals surface area contributed by atoms with Crippen LogP contribution in [0.2, 0.25) is 5.28 Å². The van der Waals surface area contributed by atoms with E-state index in [2.05, 4.69) is 20.2 Å². The van der Waals surface area contributed by atoms with Gasteiger partial charge >= 0.3 is 6.03 Å². The monoisotopic (exact) mass is 519 g/mol. The SMILES string of the molecule is COc1cc2nc(Cl)nc(N3CCN(C(=O)Nc4ccc(Oc5ccccc5)cc4)CC3)c2cc1OC. The minimum absolute atomic E-state index is 0.148. The minimum Gasteiger partial charge on any atom is -0.493 e. The zero-order valence-electron chi connectivity index (χ0n) is 20.5. The molecule has 190 valence electrons. The van der Waals surface area contributed by atoms with Gasteiger partial charge in [-0.05, 0) is 54.1 Å². The van der Waals surface area contributed by atoms with Crippen LogP contribution in [0.25, 0.3) is 10.9 Å². The summed E-state index contributed by atoms with van der Waals surface area (Å²) in [5, 5.41) is 3.91. The van der Waals surface area contributed by atoms with Crippen molar-refractivity contribution in [3.05, 3.63) is 72.0 Å². The maximum Gasteiger partial charge on any atom is 0.321 e. The molecule has 2 heterocycles. The molecule has 1 aliphatic heterocycles. The lowest BCUT2D eigenvalue weighted by Gasteiger charge is -2.35. The van der Waals surface area contributed by atoms with Gasteiger partial charge in [-0.1, -0.05) is 18.2 Å². The topological polar surface area (TPSA) is 89.1 Å². The molecule has 37 heavy (non-hydrogen) atoms. The Hall–Kier alpha value is -4.24. The maximum atomic E-state index is 12.9. The first kappa shape index (κ1) is 24.5. The molecule has 0 atom stereocenters. The molecule has 1 aromatic heterocycles. The highest BCUT2D eigenvalue weighted by Gasteiger charge is 2.24. The molecular weight excluding hydrogens is 494 g/mol. The summed E-state index contributed by atoms with van der Waals surface area (Å²) in [6.45, 7) is 2.23. The number of halogens is 1. The quantitative estimate of drug-likeness (QED) is 0.339. The van der Waals surface area contributed by atoms with E-state index in [1.807, 2.05) is 60.7 Å². The van der Waals surface area contributed by atoms with Gasteiger partial charge in [0.2, 0.25) is 5.28 Å². The highest BCUT2D eigenvalue weighted by atomic mass is 35.5. The summed E-state index contributed by atoms with van der Waals surface area (Å²) in [7, 11) is 3.16. The van der Waals surface area contributed by atoms with Gasteiger partial charge in [0.1, 0.15) is 17.3 Å². The van der Waals surface area contributed by atoms with Crippen molar-refractivity contribution in [2.24, 2.45) is 0 Å². The molecule has 0 bridgehead atoms. The van der Waals surface area contributed by atoms with E-state index < -0.39 is 0 Å². The van der Waals surface area contributed by atoms with Gasteiger partial charge in [0.05, 0.1) is 19.7 Å². The van der Waals surface area contributed by atoms with Gasteiger partial charge in [0.15, 0.2) is 11.5 Å². The molecule has 3 aromatic carbocycles. The molecule has 1 aliphatic rings. The molecule has 5 rings (SSSR count). The molecule has 4 aromatic rings. The van der Waals surface area contributed by atoms with E-state index in [-0.39, 0.29) is 11.3 Å². The number of carbonyl (C=O) groups is 1. The van der Waals surface area contributed by atoms with Crippen LogP contribution in [0.4, 0.5) is 16.3 Å². The zero-order chi connectivity index (χ0) is 25.8. The van der Waals surface area contributed by atoms with Crippen molar-refractivity contribution in [2.45, 2.75) is 0 Å². The Labute approximate surface area is 219 Å². The van der Waals surface area contributed by atoms with E-state index in [0.717, 1.165) is 11.1 Å². The van der Waals surface area contributed by atoms with Crippen molar-refractivity contribution in [2.75, 3.05) is 50.6 Å². The van der Waals surface area contributed by atoms with Crippen LogP contribution >= 0.6 is 11.6 Å². The summed E-state index contributed by atoms with van der Waals surface area (Å²) in [6.07, 6.45) is 0. The number of benzene rings is 3. The Morgan fingerprint density at radius 1 is 0.865 bits per heavy atom. The van der Waals surface area contributed by atoms with Crippen molar-refractivity contribution in [3.63, 3.8) is 0 Å². The number of ether oxygens (including phenoxy) is 3. The van der Waals surface area contributed by atoms with E-state index in [1.165, 1.54) is 0 Å². The van der Waals surface area contributed by atoms with Crippen LogP contribution in [0.5, 0.6) is 23.0 Å². The standard InChI is InChI=1S/C27H26ClN5O4/c1-35-23-16-21-22(17-24(23)36-2)30-26(28)31-25(21)32-12-14-33(15-13-32)27(34)29-18-8-10-20(11-9-18)37-19-6-4-3-5-7-19/h3-11,16-17H,12-15H2,1-2H3,(H,29,34). The number of fused-ring (bicyclic) bond motifs is 1. The van der Waals surface area contributed by atoms with E-state index in [4.69, 9.17) is 25.8 Å². The fourth-order valence-electron chi connectivity index (χ4n) is 4.21. The molecule has 10 heteroatoms. The first-order valence-electron chi connectivity index (χ1n) is 11.8. The van der Waals surface area contributed by atoms with Gasteiger partial charge in [-0.2, -0.15) is 4.98 Å². The number of hydrogen-bond acceptors (Lipinski definition) is 7. The van der Waals surface area contributed by atoms with Gasteiger partial charge in [-0.15, -0.1) is 0 Å². The lowest BCUT2D eigenvalue weighted by molar-refractivity contribution is 0.208. The van der Waals surface area contributed by atoms with Crippen LogP contribution in [0.3, 0.4) is 0 Å². The molecule has 0 aliphatic carbocycles. The molecule has 1 fully saturated rings. The number of aromatic nitrogens is 2. The van der Waals surface area contributed by atoms with Crippen LogP contribution < -0.4 is 24.4 Å². The summed E-state index contributed by atoms with van der Waals surface area (Å²) in [6, 6.07) is 20.3. The van der Waals surface area contributed by atoms with Crippen LogP contribution in [0.15, 0.2) is 66.7 Å². The fourth-order valence-corrected chi connectivity index (χ4v) is 4.38. The summed E-state index contributed by atoms with van der Waals surface area (Å²) < 4.78 is 16.7. The first-order valence-corrected chi connectivity index (χ1v) is 12.1. The maximum absolute atomic E-state index is 12.9. The van der Waals surface area contributed by atoms with Crippen LogP contribution in [-0.4, -0.2) is 61.3 Å². The Bertz CT molecular complexity index is 1390. The highest BCUT2D eigenvalue weighted by molar-refractivity contribution is 6.28. The molecule has 0 saturated carbocycles. The Morgan fingerprint density at radius 2 is 1.51 bits per heavy atom. The van der Waals surface area contributed by atoms with Crippen molar-refractivity contribution in [1.29, 1.82) is 0 Å². The number of nitrogens with one attached hydrogen (secondary N) is 1. The number of para-hydroxylation sites is 1. The molecule has 9 nitrogen and oxygen atoms in total. The third-order valence-electron chi connectivity index (χ3n) is 6.10. The van der Waals surface area contributed by atoms with Crippen molar-refractivity contribution in [1.82, 2.24) is 14.9 Å². The highest BCUT2D eigenvalue weighted by Crippen LogP contribution is 2.36. The van der Waals surface area contributed by atoms with Crippen LogP contribution in [-0.2, 0) is 0 Å². The Kier molecular flexibility index (Phi) is 7.14. The third-order valence-corrected chi connectivity index (χ3v) is 6.27. The second-order valence-electron chi connectivity index (χ2n) is 8.38. The fraction of sp³-hybridized carbons (Fsp3) is 0.222. The summed E-state index contributed by atoms with van der Waals surface area (Å²) in [4.78, 5) is 25.6. The van der Waals surface area contributed by atoms with Gasteiger partial charge < -0.3 is 29.3 Å². The Balaban J connectivity index is 1.23. The second kappa shape index (κ2) is 10.8. The number of rotatable bonds is 6. The van der Waals surface area contributed by atoms with Crippen LogP contribution in [0, 0.1) is 0 Å². The molecule has 1 saturated heterocycles. The number of hydrogen-bond donors (Lipinski definition) is 1. The Morgan fingerprint density at radius 3 is 2.19 bits per heavy atom. The normalized spacial score (nSPS) is 13.4. The van der Waals surface area contributed by atoms with E-state index >= 15 is 0 Å². The van der Waals surface area contributed by atoms with E-state index in [9.17, 15) is 4.79 Å². The number of piperazine rings is 1. The smallest absolute Gasteiger partial charge is 0.321 e. The number of carbonyl (C=O) groups excluding carboxylic acids is 1. The van der Waals surface area contributed by atoms with Gasteiger partial charge in [-0.3, -0.25) is 0 Å². The van der Waals surface area contributed by atoms with Crippen molar-refractivity contribution >= 4 is 40.0 Å². The van der Waals surface area contributed by atoms with E-state index in [0.29, 0.717) is 60.4 Å². The molecule has 0 unspecified atom stereocenters. The number of nitrogens with zero attached hydrogens (tertiary/aromatic N) is 4. The summed E-state index contributed by atoms with van der Waals surface area (Å²) in [5.74, 6) is 3.30. The summed E-state index contributed by atoms with van der Waals surface area (Å²) in [5.41, 5.74) is 1.36. The molecule has 0 radical (unpaired) electrons. The number of urea groups is 1. The largest absolute Gasteiger partial charge is 0.493 e. The second-order valence-corrected chi connectivity index (χ2v) is 8.72. The molecule has 1 N–H and O–H groups in total. The van der Waals surface area contributed by atoms with Crippen molar-refractivity contribution in [3.8, 4) is 23.0 Å². The lowest BCUT2D eigenvalue weighted by Crippen LogP contribution is -2.50. The number of anilines is 2. The molecule has 2 amide bonds. The lowest BCUT2D eigenvalue weighted by atomic mass is 10.2. The predicted molar refractivity (Wildman–Crippen MR) is 143 cm³/mol. The van der Waals surface area contributed by atoms with Crippen molar-refractivity contribution < 1.29 is 19.0 Å². The molecule has 0 spiro atoms. The van der Waals surface area contributed by atoms with Gasteiger partial charge in [-0.25, -0.2) is 9.78 Å². The number of methoxy groups -OCH3 is 2. The van der Waals surface area contributed by atoms with Crippen LogP contribution in [0.1, 0.15) is 0 Å². The average molecular weight is 520 g/mol. The van der Waals surface area contributed by atoms with E-state index in [1.54, 1.807) is 25.2 Å². The van der Waals surface area contributed by atoms with Gasteiger partial charge in [0, 0.05) is 43.3 Å². The predicted octanol–water partition coefficient (Wildman–Crippen LogP) is 5.45. The summed E-state index contributed by atoms with van der Waals surface area (Å²) >= 11 is 6.23. The third kappa shape index (κ3) is 5.46. The van der Waals surface area contributed by atoms with Gasteiger partial charge in [0.25, 0.3) is 0 Å².